The molecule has 0 atom stereocenters. The van der Waals surface area contributed by atoms with Crippen LogP contribution in [0.3, 0.4) is 0 Å². The fourth-order valence-corrected chi connectivity index (χ4v) is 2.78. The second-order valence-electron chi connectivity index (χ2n) is 4.76. The number of hydrogen-bond acceptors (Lipinski definition) is 5. The second kappa shape index (κ2) is 6.39. The van der Waals surface area contributed by atoms with Crippen molar-refractivity contribution < 1.29 is 0 Å². The number of halogens is 1. The van der Waals surface area contributed by atoms with Gasteiger partial charge in [-0.15, -0.1) is 10.2 Å². The van der Waals surface area contributed by atoms with E-state index in [1.807, 2.05) is 6.92 Å². The Bertz CT molecular complexity index is 986. The second-order valence-corrected chi connectivity index (χ2v) is 6.26. The van der Waals surface area contributed by atoms with Crippen LogP contribution in [0.15, 0.2) is 29.1 Å². The topological polar surface area (TPSA) is 75.6 Å². The van der Waals surface area contributed by atoms with Gasteiger partial charge in [-0.1, -0.05) is 36.4 Å². The summed E-state index contributed by atoms with van der Waals surface area (Å²) in [4.78, 5) is 12.5. The number of aromatic amines is 1. The van der Waals surface area contributed by atoms with E-state index in [0.29, 0.717) is 26.4 Å². The van der Waals surface area contributed by atoms with Crippen molar-refractivity contribution in [1.29, 1.82) is 0 Å². The van der Waals surface area contributed by atoms with E-state index in [1.54, 1.807) is 30.5 Å². The highest BCUT2D eigenvalue weighted by molar-refractivity contribution is 7.15. The Labute approximate surface area is 140 Å². The predicted octanol–water partition coefficient (Wildman–Crippen LogP) is 1.49. The molecule has 0 amide bonds. The van der Waals surface area contributed by atoms with Crippen LogP contribution in [0.4, 0.5) is 5.13 Å². The summed E-state index contributed by atoms with van der Waals surface area (Å²) in [5.41, 5.74) is 0.484. The summed E-state index contributed by atoms with van der Waals surface area (Å²) in [5.74, 6) is 0. The Balaban J connectivity index is 1.97. The molecule has 2 aromatic heterocycles. The lowest BCUT2D eigenvalue weighted by molar-refractivity contribution is 0.838. The highest BCUT2D eigenvalue weighted by Gasteiger charge is 2.05. The van der Waals surface area contributed by atoms with Crippen molar-refractivity contribution in [1.82, 2.24) is 20.0 Å². The van der Waals surface area contributed by atoms with Gasteiger partial charge < -0.3 is 5.32 Å². The summed E-state index contributed by atoms with van der Waals surface area (Å²) in [6, 6.07) is 6.97. The molecule has 0 saturated carbocycles. The van der Waals surface area contributed by atoms with E-state index in [0.717, 1.165) is 11.4 Å². The summed E-state index contributed by atoms with van der Waals surface area (Å²) >= 11 is 7.32. The summed E-state index contributed by atoms with van der Waals surface area (Å²) in [7, 11) is 0. The van der Waals surface area contributed by atoms with Gasteiger partial charge in [0.05, 0.1) is 16.3 Å². The van der Waals surface area contributed by atoms with E-state index in [2.05, 4.69) is 27.2 Å². The first-order valence-electron chi connectivity index (χ1n) is 6.93. The lowest BCUT2D eigenvalue weighted by atomic mass is 10.3. The fraction of sp³-hybridized carbons (Fsp3) is 0.133. The number of benzene rings is 1. The van der Waals surface area contributed by atoms with Crippen molar-refractivity contribution in [2.75, 3.05) is 5.32 Å². The molecule has 0 saturated heterocycles. The van der Waals surface area contributed by atoms with E-state index < -0.39 is 0 Å². The third-order valence-electron chi connectivity index (χ3n) is 3.20. The first-order chi connectivity index (χ1) is 11.1. The lowest BCUT2D eigenvalue weighted by Gasteiger charge is -2.00. The number of nitrogens with one attached hydrogen (secondary N) is 2. The van der Waals surface area contributed by atoms with Crippen LogP contribution in [0, 0.1) is 0 Å². The van der Waals surface area contributed by atoms with Crippen molar-refractivity contribution in [2.24, 2.45) is 0 Å². The van der Waals surface area contributed by atoms with Gasteiger partial charge in [-0.05, 0) is 30.7 Å². The Morgan fingerprint density at radius 2 is 2.13 bits per heavy atom. The normalized spacial score (nSPS) is 11.8. The molecule has 6 nitrogen and oxygen atoms in total. The summed E-state index contributed by atoms with van der Waals surface area (Å²) in [6.45, 7) is 5.89. The van der Waals surface area contributed by atoms with Gasteiger partial charge in [0, 0.05) is 11.2 Å². The van der Waals surface area contributed by atoms with Crippen LogP contribution in [0.1, 0.15) is 11.9 Å². The van der Waals surface area contributed by atoms with Gasteiger partial charge in [-0.2, -0.15) is 0 Å². The SMILES string of the molecule is C=c1[nH]n(-c2ccc(Cl)cc2)c(=O)/c1=C\Nc1nnc(CC)s1. The number of anilines is 1. The van der Waals surface area contributed by atoms with E-state index in [1.165, 1.54) is 16.0 Å². The van der Waals surface area contributed by atoms with E-state index in [4.69, 9.17) is 11.6 Å². The molecule has 0 bridgehead atoms. The van der Waals surface area contributed by atoms with E-state index in [-0.39, 0.29) is 5.56 Å². The van der Waals surface area contributed by atoms with Crippen LogP contribution < -0.4 is 21.4 Å². The molecule has 0 aliphatic carbocycles. The van der Waals surface area contributed by atoms with Crippen molar-refractivity contribution in [3.8, 4) is 5.69 Å². The Kier molecular flexibility index (Phi) is 4.31. The maximum absolute atomic E-state index is 12.5. The Morgan fingerprint density at radius 1 is 1.39 bits per heavy atom. The van der Waals surface area contributed by atoms with Crippen molar-refractivity contribution in [2.45, 2.75) is 13.3 Å². The third kappa shape index (κ3) is 3.20. The summed E-state index contributed by atoms with van der Waals surface area (Å²) < 4.78 is 1.42. The number of aromatic nitrogens is 4. The highest BCUT2D eigenvalue weighted by Crippen LogP contribution is 2.14. The zero-order valence-electron chi connectivity index (χ0n) is 12.3. The van der Waals surface area contributed by atoms with Gasteiger partial charge in [0.2, 0.25) is 5.13 Å². The van der Waals surface area contributed by atoms with Gasteiger partial charge in [0.25, 0.3) is 5.56 Å². The molecule has 0 unspecified atom stereocenters. The van der Waals surface area contributed by atoms with Crippen molar-refractivity contribution in [3.05, 3.63) is 55.2 Å². The summed E-state index contributed by atoms with van der Waals surface area (Å²) in [5, 5.41) is 17.1. The fourth-order valence-electron chi connectivity index (χ4n) is 2.01. The average Bonchev–Trinajstić information content (AvgIpc) is 3.11. The van der Waals surface area contributed by atoms with E-state index in [9.17, 15) is 4.79 Å². The van der Waals surface area contributed by atoms with Gasteiger partial charge in [-0.25, -0.2) is 4.68 Å². The van der Waals surface area contributed by atoms with Crippen LogP contribution in [0.5, 0.6) is 0 Å². The minimum absolute atomic E-state index is 0.204. The molecule has 118 valence electrons. The van der Waals surface area contributed by atoms with Gasteiger partial charge >= 0.3 is 0 Å². The van der Waals surface area contributed by atoms with Crippen LogP contribution in [0.2, 0.25) is 5.02 Å². The number of hydrogen-bond donors (Lipinski definition) is 2. The van der Waals surface area contributed by atoms with Crippen molar-refractivity contribution in [3.63, 3.8) is 0 Å². The molecule has 0 aliphatic heterocycles. The third-order valence-corrected chi connectivity index (χ3v) is 4.45. The van der Waals surface area contributed by atoms with Gasteiger partial charge in [-0.3, -0.25) is 9.89 Å². The molecule has 2 N–H and O–H groups in total. The standard InChI is InChI=1S/C15H14ClN5OS/c1-3-13-18-19-15(23-13)17-8-12-9(2)20-21(14(12)22)11-6-4-10(16)5-7-11/h4-8,20H,2-3H2,1H3,(H,17,19)/b12-8-. The quantitative estimate of drug-likeness (QED) is 0.750. The van der Waals surface area contributed by atoms with Crippen molar-refractivity contribution >= 4 is 40.8 Å². The molecule has 8 heteroatoms. The maximum atomic E-state index is 12.5. The van der Waals surface area contributed by atoms with Crippen LogP contribution in [0.25, 0.3) is 18.5 Å². The minimum Gasteiger partial charge on any atom is -0.336 e. The molecule has 0 spiro atoms. The molecule has 3 rings (SSSR count). The molecular formula is C15H14ClN5OS. The number of rotatable bonds is 4. The van der Waals surface area contributed by atoms with Crippen LogP contribution in [-0.2, 0) is 6.42 Å². The van der Waals surface area contributed by atoms with Gasteiger partial charge in [0.15, 0.2) is 0 Å². The zero-order valence-corrected chi connectivity index (χ0v) is 13.9. The lowest BCUT2D eigenvalue weighted by Crippen LogP contribution is -2.34. The smallest absolute Gasteiger partial charge is 0.280 e. The Hall–Kier alpha value is -2.38. The monoisotopic (exact) mass is 347 g/mol. The molecule has 0 radical (unpaired) electrons. The van der Waals surface area contributed by atoms with Crippen LogP contribution >= 0.6 is 22.9 Å². The molecule has 3 aromatic rings. The zero-order chi connectivity index (χ0) is 16.4. The van der Waals surface area contributed by atoms with E-state index >= 15 is 0 Å². The Morgan fingerprint density at radius 3 is 2.78 bits per heavy atom. The first-order valence-corrected chi connectivity index (χ1v) is 8.13. The molecule has 0 fully saturated rings. The van der Waals surface area contributed by atoms with Gasteiger partial charge in [0.1, 0.15) is 5.01 Å². The van der Waals surface area contributed by atoms with Crippen LogP contribution in [-0.4, -0.2) is 20.0 Å². The average molecular weight is 348 g/mol. The summed E-state index contributed by atoms with van der Waals surface area (Å²) in [6.07, 6.45) is 2.42. The molecule has 1 aromatic carbocycles. The predicted molar refractivity (Wildman–Crippen MR) is 93.5 cm³/mol. The molecule has 23 heavy (non-hydrogen) atoms. The minimum atomic E-state index is -0.204. The number of H-pyrrole nitrogens is 1. The maximum Gasteiger partial charge on any atom is 0.280 e. The molecule has 2 heterocycles. The first kappa shape index (κ1) is 15.5. The molecule has 0 aliphatic rings. The largest absolute Gasteiger partial charge is 0.336 e. The number of nitrogens with zero attached hydrogens (tertiary/aromatic N) is 3. The number of aryl methyl sites for hydroxylation is 1. The molecular weight excluding hydrogens is 334 g/mol. The highest BCUT2D eigenvalue weighted by atomic mass is 35.5.